The fraction of sp³-hybridized carbons (Fsp3) is 0.944. The van der Waals surface area contributed by atoms with Crippen molar-refractivity contribution in [2.75, 3.05) is 20.2 Å². The molecule has 0 amide bonds. The van der Waals surface area contributed by atoms with Crippen LogP contribution in [0.2, 0.25) is 0 Å². The van der Waals surface area contributed by atoms with Crippen molar-refractivity contribution in [3.8, 4) is 0 Å². The van der Waals surface area contributed by atoms with Crippen LogP contribution in [0, 0.1) is 11.8 Å². The number of carbonyl (C=O) groups excluding carboxylic acids is 1. The van der Waals surface area contributed by atoms with E-state index in [9.17, 15) is 4.79 Å². The highest BCUT2D eigenvalue weighted by atomic mass is 16.5. The van der Waals surface area contributed by atoms with E-state index in [0.29, 0.717) is 0 Å². The largest absolute Gasteiger partial charge is 0.469 e. The number of hydrogen-bond donors (Lipinski definition) is 0. The van der Waals surface area contributed by atoms with Crippen molar-refractivity contribution in [1.82, 2.24) is 4.90 Å². The first kappa shape index (κ1) is 16.8. The Hall–Kier alpha value is -0.570. The molecular weight excluding hydrogens is 262 g/mol. The van der Waals surface area contributed by atoms with Gasteiger partial charge in [0.05, 0.1) is 13.0 Å². The van der Waals surface area contributed by atoms with Crippen LogP contribution in [0.3, 0.4) is 0 Å². The number of rotatable bonds is 6. The molecule has 1 aliphatic heterocycles. The molecular formula is C18H33NO2. The Morgan fingerprint density at radius 3 is 2.29 bits per heavy atom. The summed E-state index contributed by atoms with van der Waals surface area (Å²) in [5.41, 5.74) is 0. The monoisotopic (exact) mass is 295 g/mol. The minimum Gasteiger partial charge on any atom is -0.469 e. The summed E-state index contributed by atoms with van der Waals surface area (Å²) < 4.78 is 4.88. The maximum atomic E-state index is 11.6. The molecule has 3 heteroatoms. The lowest BCUT2D eigenvalue weighted by molar-refractivity contribution is -0.147. The van der Waals surface area contributed by atoms with Crippen LogP contribution >= 0.6 is 0 Å². The molecule has 1 heterocycles. The number of methoxy groups -OCH3 is 1. The molecule has 0 aromatic heterocycles. The lowest BCUT2D eigenvalue weighted by atomic mass is 9.83. The van der Waals surface area contributed by atoms with Gasteiger partial charge in [0.25, 0.3) is 0 Å². The molecule has 1 saturated carbocycles. The summed E-state index contributed by atoms with van der Waals surface area (Å²) in [6.07, 6.45) is 12.8. The molecule has 21 heavy (non-hydrogen) atoms. The predicted octanol–water partition coefficient (Wildman–Crippen LogP) is 4.01. The molecule has 0 aromatic rings. The molecule has 0 bridgehead atoms. The van der Waals surface area contributed by atoms with Crippen LogP contribution in [0.4, 0.5) is 0 Å². The molecule has 2 rings (SSSR count). The van der Waals surface area contributed by atoms with Crippen LogP contribution in [0.15, 0.2) is 0 Å². The highest BCUT2D eigenvalue weighted by Crippen LogP contribution is 2.31. The Morgan fingerprint density at radius 1 is 1.05 bits per heavy atom. The summed E-state index contributed by atoms with van der Waals surface area (Å²) in [5, 5.41) is 0. The van der Waals surface area contributed by atoms with E-state index in [1.807, 2.05) is 0 Å². The van der Waals surface area contributed by atoms with Gasteiger partial charge in [0, 0.05) is 6.04 Å². The first-order valence-electron chi connectivity index (χ1n) is 9.06. The number of unbranched alkanes of at least 4 members (excludes halogenated alkanes) is 2. The number of likely N-dealkylation sites (tertiary alicyclic amines) is 1. The van der Waals surface area contributed by atoms with Gasteiger partial charge < -0.3 is 9.64 Å². The smallest absolute Gasteiger partial charge is 0.308 e. The van der Waals surface area contributed by atoms with Gasteiger partial charge in [0.15, 0.2) is 0 Å². The van der Waals surface area contributed by atoms with E-state index in [1.165, 1.54) is 71.6 Å². The maximum absolute atomic E-state index is 11.6. The highest BCUT2D eigenvalue weighted by molar-refractivity contribution is 5.72. The lowest BCUT2D eigenvalue weighted by Gasteiger charge is -2.40. The van der Waals surface area contributed by atoms with E-state index in [2.05, 4.69) is 11.8 Å². The lowest BCUT2D eigenvalue weighted by Crippen LogP contribution is -2.43. The Morgan fingerprint density at radius 2 is 1.71 bits per heavy atom. The van der Waals surface area contributed by atoms with Crippen LogP contribution in [-0.4, -0.2) is 37.1 Å². The minimum absolute atomic E-state index is 0.00285. The number of carbonyl (C=O) groups is 1. The Balaban J connectivity index is 1.66. The molecule has 0 aromatic carbocycles. The fourth-order valence-corrected chi connectivity index (χ4v) is 4.13. The Labute approximate surface area is 130 Å². The number of ether oxygens (including phenoxy) is 1. The van der Waals surface area contributed by atoms with Crippen molar-refractivity contribution in [3.63, 3.8) is 0 Å². The van der Waals surface area contributed by atoms with Crippen molar-refractivity contribution in [2.45, 2.75) is 77.2 Å². The zero-order valence-corrected chi connectivity index (χ0v) is 14.0. The summed E-state index contributed by atoms with van der Waals surface area (Å²) in [6, 6.07) is 0.725. The summed E-state index contributed by atoms with van der Waals surface area (Å²) in [5.74, 6) is 1.14. The van der Waals surface area contributed by atoms with E-state index in [-0.39, 0.29) is 11.9 Å². The third-order valence-electron chi connectivity index (χ3n) is 5.61. The van der Waals surface area contributed by atoms with Crippen molar-refractivity contribution < 1.29 is 9.53 Å². The van der Waals surface area contributed by atoms with Crippen molar-refractivity contribution >= 4 is 5.97 Å². The molecule has 2 fully saturated rings. The van der Waals surface area contributed by atoms with E-state index < -0.39 is 0 Å². The first-order valence-corrected chi connectivity index (χ1v) is 9.06. The van der Waals surface area contributed by atoms with Crippen molar-refractivity contribution in [2.24, 2.45) is 11.8 Å². The Kier molecular flexibility index (Phi) is 7.01. The van der Waals surface area contributed by atoms with Gasteiger partial charge in [-0.3, -0.25) is 4.79 Å². The molecule has 1 aliphatic carbocycles. The zero-order chi connectivity index (χ0) is 15.1. The average Bonchev–Trinajstić information content (AvgIpc) is 2.55. The molecule has 0 atom stereocenters. The number of piperidine rings is 1. The summed E-state index contributed by atoms with van der Waals surface area (Å²) in [6.45, 7) is 4.85. The van der Waals surface area contributed by atoms with Crippen LogP contribution in [-0.2, 0) is 9.53 Å². The normalized spacial score (nSPS) is 28.5. The molecule has 0 N–H and O–H groups in total. The fourth-order valence-electron chi connectivity index (χ4n) is 4.13. The molecule has 1 saturated heterocycles. The van der Waals surface area contributed by atoms with Gasteiger partial charge in [-0.25, -0.2) is 0 Å². The van der Waals surface area contributed by atoms with Crippen LogP contribution in [0.1, 0.15) is 71.1 Å². The second-order valence-electron chi connectivity index (χ2n) is 7.00. The predicted molar refractivity (Wildman–Crippen MR) is 86.2 cm³/mol. The Bertz CT molecular complexity index is 302. The minimum atomic E-state index is 0.00285. The van der Waals surface area contributed by atoms with Crippen LogP contribution in [0.25, 0.3) is 0 Å². The number of esters is 1. The molecule has 0 spiro atoms. The van der Waals surface area contributed by atoms with Gasteiger partial charge in [-0.2, -0.15) is 0 Å². The number of hydrogen-bond acceptors (Lipinski definition) is 3. The number of nitrogens with zero attached hydrogens (tertiary/aromatic N) is 1. The van der Waals surface area contributed by atoms with Gasteiger partial charge >= 0.3 is 5.97 Å². The average molecular weight is 295 g/mol. The summed E-state index contributed by atoms with van der Waals surface area (Å²) >= 11 is 0. The van der Waals surface area contributed by atoms with Gasteiger partial charge in [-0.15, -0.1) is 0 Å². The van der Waals surface area contributed by atoms with Crippen LogP contribution < -0.4 is 0 Å². The topological polar surface area (TPSA) is 29.5 Å². The van der Waals surface area contributed by atoms with Crippen molar-refractivity contribution in [3.05, 3.63) is 0 Å². The third-order valence-corrected chi connectivity index (χ3v) is 5.61. The van der Waals surface area contributed by atoms with Crippen LogP contribution in [0.5, 0.6) is 0 Å². The summed E-state index contributed by atoms with van der Waals surface area (Å²) in [4.78, 5) is 14.3. The molecule has 122 valence electrons. The van der Waals surface area contributed by atoms with E-state index in [0.717, 1.165) is 24.8 Å². The van der Waals surface area contributed by atoms with Gasteiger partial charge in [-0.05, 0) is 57.5 Å². The quantitative estimate of drug-likeness (QED) is 0.548. The molecule has 3 nitrogen and oxygen atoms in total. The van der Waals surface area contributed by atoms with E-state index >= 15 is 0 Å². The van der Waals surface area contributed by atoms with Gasteiger partial charge in [-0.1, -0.05) is 32.6 Å². The molecule has 2 aliphatic rings. The standard InChI is InChI=1S/C18H33NO2/c1-3-4-5-6-15-11-13-19(14-12-15)17-9-7-16(8-10-17)18(20)21-2/h15-17H,3-14H2,1-2H3/t16-,17-. The SMILES string of the molecule is CCCCCC1CCN([C@H]2CC[C@H](C(=O)OC)CC2)CC1. The summed E-state index contributed by atoms with van der Waals surface area (Å²) in [7, 11) is 1.51. The van der Waals surface area contributed by atoms with E-state index in [1.54, 1.807) is 0 Å². The van der Waals surface area contributed by atoms with E-state index in [4.69, 9.17) is 4.74 Å². The second kappa shape index (κ2) is 8.77. The second-order valence-corrected chi connectivity index (χ2v) is 7.00. The first-order chi connectivity index (χ1) is 10.2. The molecule has 0 unspecified atom stereocenters. The van der Waals surface area contributed by atoms with Gasteiger partial charge in [0.1, 0.15) is 0 Å². The zero-order valence-electron chi connectivity index (χ0n) is 14.0. The molecule has 0 radical (unpaired) electrons. The maximum Gasteiger partial charge on any atom is 0.308 e. The van der Waals surface area contributed by atoms with Crippen molar-refractivity contribution in [1.29, 1.82) is 0 Å². The third kappa shape index (κ3) is 4.98. The highest BCUT2D eigenvalue weighted by Gasteiger charge is 2.31. The van der Waals surface area contributed by atoms with Gasteiger partial charge in [0.2, 0.25) is 0 Å².